The van der Waals surface area contributed by atoms with Gasteiger partial charge in [0.2, 0.25) is 0 Å². The van der Waals surface area contributed by atoms with Gasteiger partial charge in [-0.05, 0) is 53.3 Å². The summed E-state index contributed by atoms with van der Waals surface area (Å²) in [5, 5.41) is 11.1. The van der Waals surface area contributed by atoms with Crippen LogP contribution >= 0.6 is 0 Å². The first-order chi connectivity index (χ1) is 19.9. The van der Waals surface area contributed by atoms with Crippen LogP contribution in [0.15, 0.2) is 95.4 Å². The van der Waals surface area contributed by atoms with Crippen LogP contribution in [0.3, 0.4) is 0 Å². The van der Waals surface area contributed by atoms with E-state index < -0.39 is 0 Å². The van der Waals surface area contributed by atoms with Crippen molar-refractivity contribution in [3.05, 3.63) is 108 Å². The van der Waals surface area contributed by atoms with Crippen molar-refractivity contribution < 1.29 is 30.6 Å². The van der Waals surface area contributed by atoms with E-state index in [0.29, 0.717) is 33.9 Å². The van der Waals surface area contributed by atoms with Gasteiger partial charge in [-0.3, -0.25) is 9.97 Å². The van der Waals surface area contributed by atoms with Crippen molar-refractivity contribution in [2.24, 2.45) is 0 Å². The Balaban J connectivity index is 0.00000316. The Morgan fingerprint density at radius 1 is 0.714 bits per heavy atom. The molecule has 0 saturated carbocycles. The minimum Gasteiger partial charge on any atom is -0.507 e. The molecule has 7 rings (SSSR count). The van der Waals surface area contributed by atoms with E-state index in [0.717, 1.165) is 33.7 Å². The Morgan fingerprint density at radius 3 is 2.17 bits per heavy atom. The van der Waals surface area contributed by atoms with Crippen LogP contribution in [0.25, 0.3) is 61.4 Å². The van der Waals surface area contributed by atoms with Gasteiger partial charge in [-0.15, -0.1) is 24.3 Å². The van der Waals surface area contributed by atoms with E-state index in [9.17, 15) is 5.11 Å². The molecule has 6 heteroatoms. The normalized spacial score (nSPS) is 11.7. The number of pyridine rings is 1. The van der Waals surface area contributed by atoms with Gasteiger partial charge in [-0.1, -0.05) is 81.3 Å². The van der Waals surface area contributed by atoms with Crippen LogP contribution in [0.1, 0.15) is 50.7 Å². The van der Waals surface area contributed by atoms with E-state index in [1.165, 1.54) is 16.8 Å². The molecule has 7 aromatic rings. The predicted molar refractivity (Wildman–Crippen MR) is 166 cm³/mol. The molecule has 0 saturated heterocycles. The maximum Gasteiger partial charge on any atom is 0.152 e. The van der Waals surface area contributed by atoms with E-state index >= 15 is 0 Å². The zero-order valence-electron chi connectivity index (χ0n) is 23.8. The number of nitrogens with zero attached hydrogens (tertiary/aromatic N) is 3. The first-order valence-corrected chi connectivity index (χ1v) is 14.1. The maximum atomic E-state index is 10.5. The Hall–Kier alpha value is -4.21. The zero-order chi connectivity index (χ0) is 28.2. The Labute approximate surface area is 259 Å². The van der Waals surface area contributed by atoms with Crippen LogP contribution in [0.4, 0.5) is 0 Å². The second-order valence-electron chi connectivity index (χ2n) is 11.1. The fourth-order valence-electron chi connectivity index (χ4n) is 5.77. The molecule has 4 aromatic carbocycles. The van der Waals surface area contributed by atoms with Gasteiger partial charge in [0, 0.05) is 32.4 Å². The maximum absolute atomic E-state index is 10.5. The van der Waals surface area contributed by atoms with Crippen LogP contribution in [0.2, 0.25) is 0 Å². The van der Waals surface area contributed by atoms with E-state index in [2.05, 4.69) is 80.8 Å². The molecule has 0 aliphatic rings. The third-order valence-electron chi connectivity index (χ3n) is 7.76. The molecule has 0 fully saturated rings. The molecule has 212 valence electrons. The van der Waals surface area contributed by atoms with E-state index in [1.54, 1.807) is 12.1 Å². The number of phenols is 1. The number of hydrogen-bond donors (Lipinski definition) is 1. The SMILES string of the molecule is CC(C)c1cccc(C(C)C)c1-n1c(-c2[c-]c(-c3ccc4oc5cccc(O)c5c4n3)ccc2)nc2ccccc21.[Pt]. The monoisotopic (exact) mass is 731 g/mol. The van der Waals surface area contributed by atoms with Crippen molar-refractivity contribution in [2.75, 3.05) is 0 Å². The summed E-state index contributed by atoms with van der Waals surface area (Å²) in [5.74, 6) is 1.67. The summed E-state index contributed by atoms with van der Waals surface area (Å²) in [6, 6.07) is 33.8. The molecule has 5 nitrogen and oxygen atoms in total. The number of imidazole rings is 1. The summed E-state index contributed by atoms with van der Waals surface area (Å²) in [6.45, 7) is 8.97. The van der Waals surface area contributed by atoms with Gasteiger partial charge in [-0.2, -0.15) is 0 Å². The third kappa shape index (κ3) is 4.53. The van der Waals surface area contributed by atoms with Gasteiger partial charge in [0.1, 0.15) is 16.8 Å². The van der Waals surface area contributed by atoms with Crippen LogP contribution in [0, 0.1) is 6.07 Å². The third-order valence-corrected chi connectivity index (χ3v) is 7.76. The smallest absolute Gasteiger partial charge is 0.152 e. The van der Waals surface area contributed by atoms with Crippen LogP contribution in [0.5, 0.6) is 5.75 Å². The molecule has 0 aliphatic heterocycles. The molecule has 0 radical (unpaired) electrons. The number of furan rings is 1. The standard InChI is InChI=1S/C36H30N3O2.Pt/c1-21(2)25-12-8-13-26(22(3)4)35(25)39-29-15-6-5-14-28(29)38-36(39)24-11-7-10-23(20-24)27-18-19-32-34(37-27)33-30(40)16-9-17-31(33)41-32;/h5-19,21-22,40H,1-4H3;/q-1;. The second kappa shape index (κ2) is 10.9. The van der Waals surface area contributed by atoms with Gasteiger partial charge in [0.25, 0.3) is 0 Å². The van der Waals surface area contributed by atoms with Crippen molar-refractivity contribution in [2.45, 2.75) is 39.5 Å². The van der Waals surface area contributed by atoms with Crippen molar-refractivity contribution in [1.29, 1.82) is 0 Å². The molecular formula is C36H30N3O2Pt-. The van der Waals surface area contributed by atoms with Gasteiger partial charge in [0.05, 0.1) is 22.2 Å². The van der Waals surface area contributed by atoms with Crippen LogP contribution in [-0.2, 0) is 21.1 Å². The summed E-state index contributed by atoms with van der Waals surface area (Å²) in [4.78, 5) is 10.1. The predicted octanol–water partition coefficient (Wildman–Crippen LogP) is 9.40. The number of fused-ring (bicyclic) bond motifs is 4. The summed E-state index contributed by atoms with van der Waals surface area (Å²) in [5.41, 5.74) is 10.1. The van der Waals surface area contributed by atoms with E-state index in [-0.39, 0.29) is 26.8 Å². The molecule has 0 spiro atoms. The zero-order valence-corrected chi connectivity index (χ0v) is 26.1. The number of rotatable bonds is 5. The van der Waals surface area contributed by atoms with E-state index in [1.807, 2.05) is 36.4 Å². The fourth-order valence-corrected chi connectivity index (χ4v) is 5.77. The number of aromatic hydroxyl groups is 1. The van der Waals surface area contributed by atoms with Crippen molar-refractivity contribution in [1.82, 2.24) is 14.5 Å². The second-order valence-corrected chi connectivity index (χ2v) is 11.1. The molecule has 3 heterocycles. The molecule has 0 unspecified atom stereocenters. The molecule has 0 bridgehead atoms. The summed E-state index contributed by atoms with van der Waals surface area (Å²) >= 11 is 0. The minimum atomic E-state index is 0. The largest absolute Gasteiger partial charge is 0.507 e. The average molecular weight is 732 g/mol. The number of para-hydroxylation sites is 3. The van der Waals surface area contributed by atoms with Crippen molar-refractivity contribution in [3.63, 3.8) is 0 Å². The first-order valence-electron chi connectivity index (χ1n) is 14.1. The first kappa shape index (κ1) is 27.9. The Bertz CT molecular complexity index is 2060. The van der Waals surface area contributed by atoms with Gasteiger partial charge >= 0.3 is 0 Å². The quantitative estimate of drug-likeness (QED) is 0.179. The Kier molecular flexibility index (Phi) is 7.24. The number of phenolic OH excluding ortho intramolecular Hbond substituents is 1. The van der Waals surface area contributed by atoms with Gasteiger partial charge < -0.3 is 14.1 Å². The average Bonchev–Trinajstić information content (AvgIpc) is 3.55. The molecule has 1 N–H and O–H groups in total. The fraction of sp³-hybridized carbons (Fsp3) is 0.167. The van der Waals surface area contributed by atoms with Crippen molar-refractivity contribution >= 4 is 33.1 Å². The molecular weight excluding hydrogens is 701 g/mol. The van der Waals surface area contributed by atoms with Crippen LogP contribution < -0.4 is 0 Å². The van der Waals surface area contributed by atoms with E-state index in [4.69, 9.17) is 14.4 Å². The van der Waals surface area contributed by atoms with Gasteiger partial charge in [0.15, 0.2) is 5.58 Å². The van der Waals surface area contributed by atoms with Gasteiger partial charge in [-0.25, -0.2) is 0 Å². The molecule has 0 atom stereocenters. The van der Waals surface area contributed by atoms with Crippen LogP contribution in [-0.4, -0.2) is 19.6 Å². The molecule has 3 aromatic heterocycles. The number of benzene rings is 4. The minimum absolute atomic E-state index is 0. The number of aromatic nitrogens is 3. The topological polar surface area (TPSA) is 64.1 Å². The van der Waals surface area contributed by atoms with Crippen molar-refractivity contribution in [3.8, 4) is 34.1 Å². The summed E-state index contributed by atoms with van der Waals surface area (Å²) in [7, 11) is 0. The Morgan fingerprint density at radius 2 is 1.40 bits per heavy atom. The summed E-state index contributed by atoms with van der Waals surface area (Å²) < 4.78 is 8.24. The molecule has 0 aliphatic carbocycles. The number of hydrogen-bond acceptors (Lipinski definition) is 4. The summed E-state index contributed by atoms with van der Waals surface area (Å²) in [6.07, 6.45) is 0. The molecule has 42 heavy (non-hydrogen) atoms. The molecule has 0 amide bonds.